The molecular formula is C27H27FN6O5. The highest BCUT2D eigenvalue weighted by Gasteiger charge is 2.53. The lowest BCUT2D eigenvalue weighted by atomic mass is 9.95. The lowest BCUT2D eigenvalue weighted by Gasteiger charge is -2.34. The summed E-state index contributed by atoms with van der Waals surface area (Å²) in [6.45, 7) is 4.93. The molecule has 4 aliphatic heterocycles. The number of amides is 4. The van der Waals surface area contributed by atoms with Gasteiger partial charge in [0.2, 0.25) is 0 Å². The summed E-state index contributed by atoms with van der Waals surface area (Å²) in [7, 11) is 1.32. The van der Waals surface area contributed by atoms with Crippen molar-refractivity contribution in [2.45, 2.75) is 37.5 Å². The maximum Gasteiger partial charge on any atom is 0.322 e. The number of piperazine rings is 1. The van der Waals surface area contributed by atoms with Gasteiger partial charge >= 0.3 is 6.03 Å². The Morgan fingerprint density at radius 2 is 2.03 bits per heavy atom. The van der Waals surface area contributed by atoms with Gasteiger partial charge in [-0.3, -0.25) is 19.8 Å². The number of likely N-dealkylation sites (tertiary alicyclic amines) is 1. The third-order valence-corrected chi connectivity index (χ3v) is 8.48. The Balaban J connectivity index is 1.21. The van der Waals surface area contributed by atoms with E-state index in [2.05, 4.69) is 27.4 Å². The van der Waals surface area contributed by atoms with Gasteiger partial charge in [-0.05, 0) is 36.7 Å². The molecule has 2 N–H and O–H groups in total. The zero-order valence-electron chi connectivity index (χ0n) is 21.5. The predicted molar refractivity (Wildman–Crippen MR) is 137 cm³/mol. The van der Waals surface area contributed by atoms with Crippen molar-refractivity contribution in [3.8, 4) is 5.75 Å². The van der Waals surface area contributed by atoms with E-state index in [9.17, 15) is 18.8 Å². The van der Waals surface area contributed by atoms with Crippen LogP contribution in [0.1, 0.15) is 35.0 Å². The molecule has 3 fully saturated rings. The van der Waals surface area contributed by atoms with Crippen LogP contribution in [0.3, 0.4) is 0 Å². The third-order valence-electron chi connectivity index (χ3n) is 8.48. The average Bonchev–Trinajstić information content (AvgIpc) is 3.73. The highest BCUT2D eigenvalue weighted by Crippen LogP contribution is 2.38. The molecule has 0 aliphatic carbocycles. The van der Waals surface area contributed by atoms with E-state index in [1.165, 1.54) is 18.1 Å². The number of pyridine rings is 1. The predicted octanol–water partition coefficient (Wildman–Crippen LogP) is 1.95. The number of furan rings is 1. The van der Waals surface area contributed by atoms with Crippen LogP contribution in [0.15, 0.2) is 34.7 Å². The topological polar surface area (TPSA) is 120 Å². The summed E-state index contributed by atoms with van der Waals surface area (Å²) < 4.78 is 26.0. The fourth-order valence-electron chi connectivity index (χ4n) is 6.52. The zero-order chi connectivity index (χ0) is 27.1. The number of nitrogens with zero attached hydrogens (tertiary/aromatic N) is 4. The number of benzene rings is 1. The number of aromatic nitrogens is 1. The summed E-state index contributed by atoms with van der Waals surface area (Å²) in [6, 6.07) is 8.64. The van der Waals surface area contributed by atoms with E-state index in [-0.39, 0.29) is 30.2 Å². The van der Waals surface area contributed by atoms with Crippen molar-refractivity contribution in [3.05, 3.63) is 53.0 Å². The number of likely N-dealkylation sites (N-methyl/N-ethyl adjacent to an activating group) is 1. The second-order valence-corrected chi connectivity index (χ2v) is 10.5. The van der Waals surface area contributed by atoms with Gasteiger partial charge in [0.15, 0.2) is 22.7 Å². The molecule has 3 atom stereocenters. The van der Waals surface area contributed by atoms with Gasteiger partial charge in [0.05, 0.1) is 19.2 Å². The number of halogens is 1. The number of hydrogen-bond acceptors (Lipinski definition) is 8. The minimum atomic E-state index is -1.70. The Bertz CT molecular complexity index is 1560. The van der Waals surface area contributed by atoms with Crippen LogP contribution in [0, 0.1) is 5.82 Å². The van der Waals surface area contributed by atoms with E-state index in [0.717, 1.165) is 31.9 Å². The molecule has 6 heterocycles. The quantitative estimate of drug-likeness (QED) is 0.461. The Morgan fingerprint density at radius 3 is 2.72 bits per heavy atom. The van der Waals surface area contributed by atoms with Crippen molar-refractivity contribution in [1.29, 1.82) is 0 Å². The van der Waals surface area contributed by atoms with Gasteiger partial charge in [-0.25, -0.2) is 14.2 Å². The van der Waals surface area contributed by atoms with Crippen molar-refractivity contribution in [1.82, 2.24) is 25.4 Å². The molecule has 3 saturated heterocycles. The Labute approximate surface area is 222 Å². The Morgan fingerprint density at radius 1 is 1.18 bits per heavy atom. The molecular weight excluding hydrogens is 507 g/mol. The average molecular weight is 535 g/mol. The van der Waals surface area contributed by atoms with Gasteiger partial charge in [0, 0.05) is 37.8 Å². The van der Waals surface area contributed by atoms with Gasteiger partial charge < -0.3 is 24.3 Å². The molecule has 2 unspecified atom stereocenters. The largest absolute Gasteiger partial charge is 0.494 e. The van der Waals surface area contributed by atoms with Crippen molar-refractivity contribution in [3.63, 3.8) is 0 Å². The number of hydrogen-bond donors (Lipinski definition) is 2. The summed E-state index contributed by atoms with van der Waals surface area (Å²) >= 11 is 0. The maximum absolute atomic E-state index is 14.9. The van der Waals surface area contributed by atoms with Crippen LogP contribution in [0.2, 0.25) is 0 Å². The highest BCUT2D eigenvalue weighted by atomic mass is 19.1. The van der Waals surface area contributed by atoms with Crippen molar-refractivity contribution in [2.24, 2.45) is 0 Å². The van der Waals surface area contributed by atoms with Gasteiger partial charge in [-0.15, -0.1) is 0 Å². The molecule has 12 heteroatoms. The first-order valence-corrected chi connectivity index (χ1v) is 13.0. The summed E-state index contributed by atoms with van der Waals surface area (Å²) in [5, 5.41) is 4.92. The lowest BCUT2D eigenvalue weighted by Crippen LogP contribution is -2.52. The van der Waals surface area contributed by atoms with E-state index < -0.39 is 29.2 Å². The van der Waals surface area contributed by atoms with Crippen LogP contribution in [-0.4, -0.2) is 78.0 Å². The number of anilines is 1. The van der Waals surface area contributed by atoms with Crippen LogP contribution < -0.4 is 20.3 Å². The van der Waals surface area contributed by atoms with Crippen molar-refractivity contribution >= 4 is 34.8 Å². The van der Waals surface area contributed by atoms with Gasteiger partial charge in [0.25, 0.3) is 11.8 Å². The maximum atomic E-state index is 14.9. The minimum absolute atomic E-state index is 0.0432. The number of imide groups is 1. The number of methoxy groups -OCH3 is 1. The number of urea groups is 1. The van der Waals surface area contributed by atoms with E-state index in [0.29, 0.717) is 28.7 Å². The van der Waals surface area contributed by atoms with Gasteiger partial charge in [-0.2, -0.15) is 0 Å². The molecule has 11 nitrogen and oxygen atoms in total. The van der Waals surface area contributed by atoms with E-state index in [1.54, 1.807) is 12.1 Å². The SMILES string of the molecule is CCN1CC2CC1CN2c1ccc2oc([C@]3(CN4Cc5ccc(OC)c(F)c5C4=O)NC(=O)NC3=O)cc2n1. The molecule has 1 aromatic carbocycles. The monoisotopic (exact) mass is 534 g/mol. The van der Waals surface area contributed by atoms with Gasteiger partial charge in [0.1, 0.15) is 17.1 Å². The zero-order valence-corrected chi connectivity index (χ0v) is 21.5. The summed E-state index contributed by atoms with van der Waals surface area (Å²) in [4.78, 5) is 49.7. The number of carbonyl (C=O) groups is 3. The van der Waals surface area contributed by atoms with Crippen molar-refractivity contribution < 1.29 is 27.9 Å². The van der Waals surface area contributed by atoms with E-state index in [4.69, 9.17) is 14.1 Å². The molecule has 2 bridgehead atoms. The number of nitrogens with one attached hydrogen (secondary N) is 2. The first kappa shape index (κ1) is 23.9. The van der Waals surface area contributed by atoms with Crippen LogP contribution >= 0.6 is 0 Å². The number of ether oxygens (including phenoxy) is 1. The molecule has 39 heavy (non-hydrogen) atoms. The number of carbonyl (C=O) groups excluding carboxylic acids is 3. The second kappa shape index (κ2) is 8.40. The molecule has 0 saturated carbocycles. The number of fused-ring (bicyclic) bond motifs is 4. The molecule has 0 radical (unpaired) electrons. The third kappa shape index (κ3) is 3.43. The van der Waals surface area contributed by atoms with Gasteiger partial charge in [-0.1, -0.05) is 13.0 Å². The number of rotatable bonds is 6. The molecule has 7 rings (SSSR count). The van der Waals surface area contributed by atoms with Crippen LogP contribution in [0.25, 0.3) is 11.1 Å². The summed E-state index contributed by atoms with van der Waals surface area (Å²) in [6.07, 6.45) is 1.11. The van der Waals surface area contributed by atoms with E-state index >= 15 is 0 Å². The summed E-state index contributed by atoms with van der Waals surface area (Å²) in [5.41, 5.74) is -0.349. The normalized spacial score (nSPS) is 26.1. The fraction of sp³-hybridized carbons (Fsp3) is 0.407. The standard InChI is InChI=1S/C27H27FN6O5/c1-3-32-11-16-8-15(32)12-34(16)21-7-6-18-17(29-21)9-20(39-18)27(25(36)30-26(37)31-27)13-33-10-14-4-5-19(38-2)23(28)22(14)24(33)35/h4-7,9,15-16H,3,8,10-13H2,1-2H3,(H2,30,31,36,37)/t15?,16?,27-/m0/s1. The highest BCUT2D eigenvalue weighted by molar-refractivity contribution is 6.08. The molecule has 0 spiro atoms. The Kier molecular flexibility index (Phi) is 5.15. The van der Waals surface area contributed by atoms with Crippen molar-refractivity contribution in [2.75, 3.05) is 38.2 Å². The molecule has 3 aromatic rings. The molecule has 4 amide bonds. The van der Waals surface area contributed by atoms with Crippen LogP contribution in [0.4, 0.5) is 15.0 Å². The van der Waals surface area contributed by atoms with Crippen LogP contribution in [-0.2, 0) is 16.9 Å². The minimum Gasteiger partial charge on any atom is -0.494 e. The second-order valence-electron chi connectivity index (χ2n) is 10.5. The first-order valence-electron chi connectivity index (χ1n) is 13.0. The van der Waals surface area contributed by atoms with E-state index in [1.807, 2.05) is 12.1 Å². The Hall–Kier alpha value is -4.19. The molecule has 4 aliphatic rings. The fourth-order valence-corrected chi connectivity index (χ4v) is 6.52. The smallest absolute Gasteiger partial charge is 0.322 e. The molecule has 202 valence electrons. The molecule has 2 aromatic heterocycles. The summed E-state index contributed by atoms with van der Waals surface area (Å²) in [5.74, 6) is -1.08. The van der Waals surface area contributed by atoms with Crippen LogP contribution in [0.5, 0.6) is 5.75 Å². The first-order chi connectivity index (χ1) is 18.8. The lowest BCUT2D eigenvalue weighted by molar-refractivity contribution is -0.125.